The number of ether oxygens (including phenoxy) is 1. The van der Waals surface area contributed by atoms with E-state index in [4.69, 9.17) is 39.5 Å². The molecule has 0 aliphatic carbocycles. The van der Waals surface area contributed by atoms with Gasteiger partial charge in [0.2, 0.25) is 5.88 Å². The van der Waals surface area contributed by atoms with Crippen molar-refractivity contribution >= 4 is 46.1 Å². The van der Waals surface area contributed by atoms with Crippen molar-refractivity contribution in [1.82, 2.24) is 14.6 Å². The number of halogens is 6. The number of nitrogens with zero attached hydrogens (tertiary/aromatic N) is 3. The third-order valence-corrected chi connectivity index (χ3v) is 4.76. The van der Waals surface area contributed by atoms with Crippen molar-refractivity contribution in [3.8, 4) is 5.88 Å². The molecule has 0 unspecified atom stereocenters. The number of ketones is 1. The Labute approximate surface area is 165 Å². The molecule has 3 aromatic rings. The molecule has 0 aliphatic heterocycles. The Morgan fingerprint density at radius 1 is 1.19 bits per heavy atom. The summed E-state index contributed by atoms with van der Waals surface area (Å²) in [7, 11) is 1.26. The summed E-state index contributed by atoms with van der Waals surface area (Å²) in [6.45, 7) is 0. The summed E-state index contributed by atoms with van der Waals surface area (Å²) in [5.74, 6) is -0.563. The molecule has 0 atom stereocenters. The molecule has 0 amide bonds. The standard InChI is InChI=1S/C16H9Cl3F3N3O2/c1-27-12-3-2-7(11(26)4-8-9(17)5-23-6-10(8)18)14-13(19)15(16(20,21)22)24-25(12)14/h2-3,5-6H,4H2,1H3. The highest BCUT2D eigenvalue weighted by Crippen LogP contribution is 2.38. The topological polar surface area (TPSA) is 56.5 Å². The first-order chi connectivity index (χ1) is 12.6. The van der Waals surface area contributed by atoms with Crippen LogP contribution >= 0.6 is 34.8 Å². The average molecular weight is 439 g/mol. The van der Waals surface area contributed by atoms with E-state index in [1.165, 1.54) is 31.6 Å². The van der Waals surface area contributed by atoms with Crippen LogP contribution in [0.5, 0.6) is 5.88 Å². The van der Waals surface area contributed by atoms with E-state index in [2.05, 4.69) is 10.1 Å². The van der Waals surface area contributed by atoms with Crippen molar-refractivity contribution in [2.75, 3.05) is 7.11 Å². The highest BCUT2D eigenvalue weighted by molar-refractivity contribution is 6.37. The van der Waals surface area contributed by atoms with Crippen LogP contribution in [0.25, 0.3) is 5.52 Å². The van der Waals surface area contributed by atoms with Crippen LogP contribution in [0.1, 0.15) is 21.6 Å². The van der Waals surface area contributed by atoms with Gasteiger partial charge in [-0.15, -0.1) is 0 Å². The fourth-order valence-corrected chi connectivity index (χ4v) is 3.34. The molecule has 11 heteroatoms. The fraction of sp³-hybridized carbons (Fsp3) is 0.188. The quantitative estimate of drug-likeness (QED) is 0.529. The number of hydrogen-bond acceptors (Lipinski definition) is 4. The van der Waals surface area contributed by atoms with Crippen LogP contribution in [-0.2, 0) is 12.6 Å². The number of rotatable bonds is 4. The fourth-order valence-electron chi connectivity index (χ4n) is 2.52. The predicted molar refractivity (Wildman–Crippen MR) is 94.0 cm³/mol. The summed E-state index contributed by atoms with van der Waals surface area (Å²) in [6, 6.07) is 2.63. The van der Waals surface area contributed by atoms with Crippen LogP contribution in [-0.4, -0.2) is 27.5 Å². The maximum absolute atomic E-state index is 13.2. The molecular weight excluding hydrogens is 430 g/mol. The largest absolute Gasteiger partial charge is 0.481 e. The monoisotopic (exact) mass is 437 g/mol. The highest BCUT2D eigenvalue weighted by atomic mass is 35.5. The number of fused-ring (bicyclic) bond motifs is 1. The first-order valence-electron chi connectivity index (χ1n) is 7.28. The Bertz CT molecular complexity index is 1030. The van der Waals surface area contributed by atoms with Crippen LogP contribution in [0.2, 0.25) is 15.1 Å². The van der Waals surface area contributed by atoms with E-state index >= 15 is 0 Å². The summed E-state index contributed by atoms with van der Waals surface area (Å²) in [5, 5.41) is 3.09. The summed E-state index contributed by atoms with van der Waals surface area (Å²) in [6.07, 6.45) is -2.43. The Morgan fingerprint density at radius 2 is 1.81 bits per heavy atom. The van der Waals surface area contributed by atoms with Gasteiger partial charge in [0.25, 0.3) is 0 Å². The van der Waals surface area contributed by atoms with E-state index in [1.54, 1.807) is 0 Å². The molecule has 0 saturated carbocycles. The van der Waals surface area contributed by atoms with Crippen LogP contribution in [0.3, 0.4) is 0 Å². The number of carbonyl (C=O) groups is 1. The lowest BCUT2D eigenvalue weighted by Gasteiger charge is -2.09. The minimum atomic E-state index is -4.80. The lowest BCUT2D eigenvalue weighted by molar-refractivity contribution is -0.141. The molecule has 5 nitrogen and oxygen atoms in total. The second kappa shape index (κ2) is 7.18. The number of Topliss-reactive ketones (excluding diaryl/α,β-unsaturated/α-hetero) is 1. The van der Waals surface area contributed by atoms with E-state index < -0.39 is 22.7 Å². The highest BCUT2D eigenvalue weighted by Gasteiger charge is 2.39. The smallest absolute Gasteiger partial charge is 0.436 e. The first kappa shape index (κ1) is 19.7. The van der Waals surface area contributed by atoms with Crippen LogP contribution in [0.4, 0.5) is 13.2 Å². The lowest BCUT2D eigenvalue weighted by Crippen LogP contribution is -2.08. The third kappa shape index (κ3) is 3.56. The molecule has 27 heavy (non-hydrogen) atoms. The SMILES string of the molecule is COc1ccc(C(=O)Cc2c(Cl)cncc2Cl)c2c(Cl)c(C(F)(F)F)nn12. The number of hydrogen-bond donors (Lipinski definition) is 0. The van der Waals surface area contributed by atoms with Crippen LogP contribution in [0, 0.1) is 0 Å². The Kier molecular flexibility index (Phi) is 5.24. The normalized spacial score (nSPS) is 11.8. The van der Waals surface area contributed by atoms with E-state index in [9.17, 15) is 18.0 Å². The van der Waals surface area contributed by atoms with Gasteiger partial charge < -0.3 is 4.74 Å². The summed E-state index contributed by atoms with van der Waals surface area (Å²) >= 11 is 17.9. The van der Waals surface area contributed by atoms with Gasteiger partial charge in [-0.2, -0.15) is 22.8 Å². The second-order valence-electron chi connectivity index (χ2n) is 5.39. The van der Waals surface area contributed by atoms with Crippen LogP contribution < -0.4 is 4.74 Å². The number of carbonyl (C=O) groups excluding carboxylic acids is 1. The van der Waals surface area contributed by atoms with Gasteiger partial charge in [-0.1, -0.05) is 34.8 Å². The van der Waals surface area contributed by atoms with E-state index in [-0.39, 0.29) is 33.4 Å². The average Bonchev–Trinajstić information content (AvgIpc) is 2.95. The lowest BCUT2D eigenvalue weighted by atomic mass is 10.0. The maximum atomic E-state index is 13.2. The zero-order valence-electron chi connectivity index (χ0n) is 13.4. The molecule has 0 radical (unpaired) electrons. The first-order valence-corrected chi connectivity index (χ1v) is 8.42. The summed E-state index contributed by atoms with van der Waals surface area (Å²) < 4.78 is 45.4. The number of aromatic nitrogens is 3. The van der Waals surface area contributed by atoms with Crippen molar-refractivity contribution in [2.24, 2.45) is 0 Å². The molecule has 0 spiro atoms. The molecular formula is C16H9Cl3F3N3O2. The molecule has 142 valence electrons. The number of alkyl halides is 3. The minimum absolute atomic E-state index is 0.0149. The molecule has 0 fully saturated rings. The van der Waals surface area contributed by atoms with Gasteiger partial charge in [-0.3, -0.25) is 9.78 Å². The van der Waals surface area contributed by atoms with E-state index in [1.807, 2.05) is 0 Å². The molecule has 0 bridgehead atoms. The van der Waals surface area contributed by atoms with Crippen molar-refractivity contribution in [3.05, 3.63) is 56.4 Å². The molecule has 0 aliphatic rings. The zero-order valence-corrected chi connectivity index (χ0v) is 15.7. The Hall–Kier alpha value is -2.03. The summed E-state index contributed by atoms with van der Waals surface area (Å²) in [5.41, 5.74) is -1.30. The van der Waals surface area contributed by atoms with Crippen molar-refractivity contribution in [2.45, 2.75) is 12.6 Å². The molecule has 3 aromatic heterocycles. The van der Waals surface area contributed by atoms with Crippen LogP contribution in [0.15, 0.2) is 24.5 Å². The molecule has 0 saturated heterocycles. The molecule has 3 rings (SSSR count). The van der Waals surface area contributed by atoms with Crippen molar-refractivity contribution in [3.63, 3.8) is 0 Å². The van der Waals surface area contributed by atoms with E-state index in [0.29, 0.717) is 5.56 Å². The second-order valence-corrected chi connectivity index (χ2v) is 6.58. The van der Waals surface area contributed by atoms with Gasteiger partial charge in [0.1, 0.15) is 5.52 Å². The number of pyridine rings is 2. The van der Waals surface area contributed by atoms with Crippen molar-refractivity contribution in [1.29, 1.82) is 0 Å². The molecule has 0 N–H and O–H groups in total. The van der Waals surface area contributed by atoms with Gasteiger partial charge in [0, 0.05) is 36.0 Å². The van der Waals surface area contributed by atoms with Gasteiger partial charge in [-0.25, -0.2) is 0 Å². The van der Waals surface area contributed by atoms with E-state index in [0.717, 1.165) is 4.52 Å². The maximum Gasteiger partial charge on any atom is 0.436 e. The number of methoxy groups -OCH3 is 1. The third-order valence-electron chi connectivity index (χ3n) is 3.75. The van der Waals surface area contributed by atoms with Gasteiger partial charge in [-0.05, 0) is 6.07 Å². The molecule has 3 heterocycles. The molecule has 0 aromatic carbocycles. The summed E-state index contributed by atoms with van der Waals surface area (Å²) in [4.78, 5) is 16.6. The predicted octanol–water partition coefficient (Wildman–Crippen LogP) is 5.14. The zero-order chi connectivity index (χ0) is 19.9. The van der Waals surface area contributed by atoms with Gasteiger partial charge in [0.15, 0.2) is 11.5 Å². The van der Waals surface area contributed by atoms with Crippen molar-refractivity contribution < 1.29 is 22.7 Å². The van der Waals surface area contributed by atoms with Gasteiger partial charge >= 0.3 is 6.18 Å². The minimum Gasteiger partial charge on any atom is -0.481 e. The Balaban J connectivity index is 2.17. The van der Waals surface area contributed by atoms with Gasteiger partial charge in [0.05, 0.1) is 22.2 Å². The Morgan fingerprint density at radius 3 is 2.37 bits per heavy atom.